The van der Waals surface area contributed by atoms with Crippen LogP contribution < -0.4 is 5.32 Å². The number of hydrogen-bond acceptors (Lipinski definition) is 2. The van der Waals surface area contributed by atoms with Crippen LogP contribution in [0.2, 0.25) is 5.02 Å². The molecule has 0 bridgehead atoms. The lowest BCUT2D eigenvalue weighted by atomic mass is 10.1. The van der Waals surface area contributed by atoms with Gasteiger partial charge in [-0.25, -0.2) is 4.39 Å². The Morgan fingerprint density at radius 1 is 1.50 bits per heavy atom. The van der Waals surface area contributed by atoms with E-state index in [1.807, 2.05) is 7.05 Å². The second kappa shape index (κ2) is 8.29. The zero-order valence-corrected chi connectivity index (χ0v) is 11.9. The highest BCUT2D eigenvalue weighted by Crippen LogP contribution is 2.19. The van der Waals surface area contributed by atoms with Crippen LogP contribution in [-0.4, -0.2) is 38.0 Å². The number of benzene rings is 1. The third-order valence-corrected chi connectivity index (χ3v) is 2.87. The van der Waals surface area contributed by atoms with E-state index >= 15 is 0 Å². The summed E-state index contributed by atoms with van der Waals surface area (Å²) in [7, 11) is 3.50. The zero-order chi connectivity index (χ0) is 12.8. The molecule has 1 aromatic rings. The van der Waals surface area contributed by atoms with Crippen molar-refractivity contribution in [2.24, 2.45) is 0 Å². The number of nitrogens with one attached hydrogen (secondary N) is 1. The maximum Gasteiger partial charge on any atom is 0.226 e. The van der Waals surface area contributed by atoms with Crippen LogP contribution in [0.25, 0.3) is 0 Å². The number of carbonyl (C=O) groups is 1. The van der Waals surface area contributed by atoms with E-state index in [0.29, 0.717) is 18.1 Å². The molecule has 0 heterocycles. The molecule has 1 aromatic carbocycles. The molecule has 0 saturated carbocycles. The Bertz CT molecular complexity index is 381. The predicted octanol–water partition coefficient (Wildman–Crippen LogP) is 2.12. The van der Waals surface area contributed by atoms with Crippen LogP contribution in [-0.2, 0) is 11.2 Å². The standard InChI is InChI=1S/C12H16ClFN2O.ClH/c1-15-6-7-16(2)12(17)8-9-10(13)4-3-5-11(9)14;/h3-5,15H,6-8H2,1-2H3;1H. The Balaban J connectivity index is 0.00000289. The summed E-state index contributed by atoms with van der Waals surface area (Å²) >= 11 is 5.86. The van der Waals surface area contributed by atoms with Crippen LogP contribution in [0.15, 0.2) is 18.2 Å². The molecule has 1 N–H and O–H groups in total. The summed E-state index contributed by atoms with van der Waals surface area (Å²) in [4.78, 5) is 13.4. The van der Waals surface area contributed by atoms with Crippen molar-refractivity contribution >= 4 is 29.9 Å². The Kier molecular flexibility index (Phi) is 7.91. The normalized spacial score (nSPS) is 9.78. The summed E-state index contributed by atoms with van der Waals surface area (Å²) in [6, 6.07) is 4.42. The number of carbonyl (C=O) groups excluding carboxylic acids is 1. The number of halogens is 3. The third-order valence-electron chi connectivity index (χ3n) is 2.51. The topological polar surface area (TPSA) is 32.3 Å². The Morgan fingerprint density at radius 2 is 2.17 bits per heavy atom. The molecular formula is C12H17Cl2FN2O. The maximum atomic E-state index is 13.5. The minimum Gasteiger partial charge on any atom is -0.344 e. The number of rotatable bonds is 5. The molecule has 0 saturated heterocycles. The first-order chi connectivity index (χ1) is 8.06. The predicted molar refractivity (Wildman–Crippen MR) is 73.9 cm³/mol. The van der Waals surface area contributed by atoms with Crippen molar-refractivity contribution in [2.75, 3.05) is 27.2 Å². The maximum absolute atomic E-state index is 13.5. The van der Waals surface area contributed by atoms with E-state index in [9.17, 15) is 9.18 Å². The molecule has 0 radical (unpaired) electrons. The summed E-state index contributed by atoms with van der Waals surface area (Å²) in [6.07, 6.45) is -0.00821. The van der Waals surface area contributed by atoms with E-state index in [1.54, 1.807) is 18.0 Å². The van der Waals surface area contributed by atoms with Gasteiger partial charge in [0.2, 0.25) is 5.91 Å². The van der Waals surface area contributed by atoms with E-state index in [4.69, 9.17) is 11.6 Å². The summed E-state index contributed by atoms with van der Waals surface area (Å²) in [5, 5.41) is 3.24. The molecule has 0 atom stereocenters. The summed E-state index contributed by atoms with van der Waals surface area (Å²) in [5.41, 5.74) is 0.260. The molecule has 0 unspecified atom stereocenters. The molecule has 0 aromatic heterocycles. The van der Waals surface area contributed by atoms with Crippen molar-refractivity contribution in [3.63, 3.8) is 0 Å². The molecule has 0 aliphatic rings. The first kappa shape index (κ1) is 17.2. The molecule has 18 heavy (non-hydrogen) atoms. The van der Waals surface area contributed by atoms with Gasteiger partial charge in [-0.05, 0) is 19.2 Å². The third kappa shape index (κ3) is 4.80. The van der Waals surface area contributed by atoms with Crippen molar-refractivity contribution in [1.82, 2.24) is 10.2 Å². The van der Waals surface area contributed by atoms with Gasteiger partial charge in [-0.1, -0.05) is 17.7 Å². The number of nitrogens with zero attached hydrogens (tertiary/aromatic N) is 1. The second-order valence-electron chi connectivity index (χ2n) is 3.80. The molecule has 0 aliphatic heterocycles. The first-order valence-corrected chi connectivity index (χ1v) is 5.75. The lowest BCUT2D eigenvalue weighted by Gasteiger charge is -2.17. The molecule has 6 heteroatoms. The fourth-order valence-corrected chi connectivity index (χ4v) is 1.62. The second-order valence-corrected chi connectivity index (χ2v) is 4.20. The van der Waals surface area contributed by atoms with Gasteiger partial charge in [0.1, 0.15) is 5.82 Å². The Hall–Kier alpha value is -0.840. The minimum atomic E-state index is -0.437. The smallest absolute Gasteiger partial charge is 0.226 e. The minimum absolute atomic E-state index is 0. The first-order valence-electron chi connectivity index (χ1n) is 5.37. The fraction of sp³-hybridized carbons (Fsp3) is 0.417. The van der Waals surface area contributed by atoms with Crippen LogP contribution in [0.4, 0.5) is 4.39 Å². The molecule has 0 fully saturated rings. The van der Waals surface area contributed by atoms with Gasteiger partial charge in [0.05, 0.1) is 6.42 Å². The van der Waals surface area contributed by atoms with Crippen LogP contribution in [0.5, 0.6) is 0 Å². The highest BCUT2D eigenvalue weighted by Gasteiger charge is 2.14. The largest absolute Gasteiger partial charge is 0.344 e. The summed E-state index contributed by atoms with van der Waals surface area (Å²) < 4.78 is 13.5. The van der Waals surface area contributed by atoms with Gasteiger partial charge in [-0.15, -0.1) is 12.4 Å². The van der Waals surface area contributed by atoms with Crippen molar-refractivity contribution in [2.45, 2.75) is 6.42 Å². The molecule has 1 rings (SSSR count). The van der Waals surface area contributed by atoms with Crippen LogP contribution in [0.1, 0.15) is 5.56 Å². The monoisotopic (exact) mass is 294 g/mol. The summed E-state index contributed by atoms with van der Waals surface area (Å²) in [6.45, 7) is 1.29. The molecule has 1 amide bonds. The van der Waals surface area contributed by atoms with Gasteiger partial charge in [0.15, 0.2) is 0 Å². The molecule has 3 nitrogen and oxygen atoms in total. The Labute approximate surface area is 118 Å². The molecule has 102 valence electrons. The Morgan fingerprint density at radius 3 is 2.72 bits per heavy atom. The van der Waals surface area contributed by atoms with Gasteiger partial charge in [-0.2, -0.15) is 0 Å². The number of likely N-dealkylation sites (N-methyl/N-ethyl adjacent to an activating group) is 2. The van der Waals surface area contributed by atoms with E-state index in [2.05, 4.69) is 5.32 Å². The average Bonchev–Trinajstić information content (AvgIpc) is 2.30. The SMILES string of the molecule is CNCCN(C)C(=O)Cc1c(F)cccc1Cl.Cl. The van der Waals surface area contributed by atoms with Crippen molar-refractivity contribution < 1.29 is 9.18 Å². The lowest BCUT2D eigenvalue weighted by Crippen LogP contribution is -2.34. The quantitative estimate of drug-likeness (QED) is 0.902. The van der Waals surface area contributed by atoms with Gasteiger partial charge in [0, 0.05) is 30.7 Å². The van der Waals surface area contributed by atoms with Crippen LogP contribution >= 0.6 is 24.0 Å². The fourth-order valence-electron chi connectivity index (χ4n) is 1.39. The average molecular weight is 295 g/mol. The van der Waals surface area contributed by atoms with Gasteiger partial charge >= 0.3 is 0 Å². The van der Waals surface area contributed by atoms with Crippen molar-refractivity contribution in [3.8, 4) is 0 Å². The molecule has 0 aliphatic carbocycles. The lowest BCUT2D eigenvalue weighted by molar-refractivity contribution is -0.129. The van der Waals surface area contributed by atoms with E-state index in [1.165, 1.54) is 12.1 Å². The molecule has 0 spiro atoms. The number of hydrogen-bond donors (Lipinski definition) is 1. The number of amides is 1. The summed E-state index contributed by atoms with van der Waals surface area (Å²) in [5.74, 6) is -0.583. The van der Waals surface area contributed by atoms with Gasteiger partial charge in [0.25, 0.3) is 0 Å². The van der Waals surface area contributed by atoms with Crippen molar-refractivity contribution in [3.05, 3.63) is 34.6 Å². The highest BCUT2D eigenvalue weighted by molar-refractivity contribution is 6.31. The molecular weight excluding hydrogens is 278 g/mol. The van der Waals surface area contributed by atoms with E-state index in [-0.39, 0.29) is 30.3 Å². The van der Waals surface area contributed by atoms with Crippen LogP contribution in [0.3, 0.4) is 0 Å². The van der Waals surface area contributed by atoms with Gasteiger partial charge < -0.3 is 10.2 Å². The van der Waals surface area contributed by atoms with E-state index < -0.39 is 5.82 Å². The van der Waals surface area contributed by atoms with Crippen molar-refractivity contribution in [1.29, 1.82) is 0 Å². The van der Waals surface area contributed by atoms with E-state index in [0.717, 1.165) is 0 Å². The van der Waals surface area contributed by atoms with Gasteiger partial charge in [-0.3, -0.25) is 4.79 Å². The highest BCUT2D eigenvalue weighted by atomic mass is 35.5. The zero-order valence-electron chi connectivity index (χ0n) is 10.4. The van der Waals surface area contributed by atoms with Crippen LogP contribution in [0, 0.1) is 5.82 Å².